The van der Waals surface area contributed by atoms with Crippen molar-refractivity contribution >= 4 is 29.4 Å². The van der Waals surface area contributed by atoms with Crippen molar-refractivity contribution in [1.82, 2.24) is 15.0 Å². The summed E-state index contributed by atoms with van der Waals surface area (Å²) in [5.41, 5.74) is 0.720. The number of amides is 2. The molecule has 2 heterocycles. The minimum absolute atomic E-state index is 0.0172. The van der Waals surface area contributed by atoms with Crippen LogP contribution in [0.1, 0.15) is 25.2 Å². The van der Waals surface area contributed by atoms with Crippen molar-refractivity contribution in [3.63, 3.8) is 0 Å². The first-order chi connectivity index (χ1) is 14.0. The number of rotatable bonds is 6. The zero-order chi connectivity index (χ0) is 20.4. The predicted octanol–water partition coefficient (Wildman–Crippen LogP) is 2.77. The smallest absolute Gasteiger partial charge is 0.308 e. The Labute approximate surface area is 171 Å². The molecule has 4 rings (SSSR count). The van der Waals surface area contributed by atoms with E-state index in [0.717, 1.165) is 5.56 Å². The molecule has 1 aromatic heterocycles. The number of aromatic nitrogens is 2. The maximum Gasteiger partial charge on any atom is 0.308 e. The number of imide groups is 1. The van der Waals surface area contributed by atoms with E-state index in [1.165, 1.54) is 4.90 Å². The molecule has 0 bridgehead atoms. The van der Waals surface area contributed by atoms with Gasteiger partial charge in [0.2, 0.25) is 17.6 Å². The number of nitrogens with zero attached hydrogens (tertiary/aromatic N) is 3. The van der Waals surface area contributed by atoms with Crippen molar-refractivity contribution in [1.29, 1.82) is 0 Å². The van der Waals surface area contributed by atoms with E-state index >= 15 is 0 Å². The summed E-state index contributed by atoms with van der Waals surface area (Å²) in [6, 6.07) is 6.92. The third kappa shape index (κ3) is 4.07. The molecule has 1 saturated heterocycles. The van der Waals surface area contributed by atoms with E-state index < -0.39 is 5.97 Å². The SMILES string of the molecule is O=C(CCN1C(=O)[C@H]2CC=CC[C@@H]2C1=O)OCc1nc(-c2ccc(Cl)cc2)no1. The predicted molar refractivity (Wildman–Crippen MR) is 101 cm³/mol. The number of halogens is 1. The molecule has 0 spiro atoms. The fourth-order valence-corrected chi connectivity index (χ4v) is 3.66. The Morgan fingerprint density at radius 2 is 1.79 bits per heavy atom. The van der Waals surface area contributed by atoms with Crippen molar-refractivity contribution in [2.24, 2.45) is 11.8 Å². The van der Waals surface area contributed by atoms with Crippen molar-refractivity contribution in [3.05, 3.63) is 47.3 Å². The van der Waals surface area contributed by atoms with Crippen LogP contribution in [0.15, 0.2) is 40.9 Å². The molecule has 2 atom stereocenters. The average molecular weight is 416 g/mol. The largest absolute Gasteiger partial charge is 0.456 e. The van der Waals surface area contributed by atoms with Gasteiger partial charge in [-0.3, -0.25) is 19.3 Å². The fraction of sp³-hybridized carbons (Fsp3) is 0.350. The van der Waals surface area contributed by atoms with Gasteiger partial charge in [-0.1, -0.05) is 28.9 Å². The molecule has 1 aliphatic heterocycles. The van der Waals surface area contributed by atoms with Gasteiger partial charge in [0, 0.05) is 17.1 Å². The minimum atomic E-state index is -0.551. The lowest BCUT2D eigenvalue weighted by molar-refractivity contribution is -0.147. The van der Waals surface area contributed by atoms with E-state index in [1.54, 1.807) is 24.3 Å². The van der Waals surface area contributed by atoms with Crippen LogP contribution in [0.2, 0.25) is 5.02 Å². The number of fused-ring (bicyclic) bond motifs is 1. The van der Waals surface area contributed by atoms with E-state index in [0.29, 0.717) is 23.7 Å². The number of ether oxygens (including phenoxy) is 1. The van der Waals surface area contributed by atoms with Gasteiger partial charge in [0.1, 0.15) is 0 Å². The first kappa shape index (κ1) is 19.3. The molecule has 2 aliphatic rings. The second kappa shape index (κ2) is 8.16. The fourth-order valence-electron chi connectivity index (χ4n) is 3.54. The molecular formula is C20H18ClN3O5. The molecule has 1 aliphatic carbocycles. The molecule has 150 valence electrons. The Hall–Kier alpha value is -3.00. The van der Waals surface area contributed by atoms with Gasteiger partial charge in [0.15, 0.2) is 6.61 Å². The quantitative estimate of drug-likeness (QED) is 0.406. The third-order valence-corrected chi connectivity index (χ3v) is 5.32. The summed E-state index contributed by atoms with van der Waals surface area (Å²) in [6.07, 6.45) is 4.91. The topological polar surface area (TPSA) is 103 Å². The molecule has 0 saturated carbocycles. The van der Waals surface area contributed by atoms with Gasteiger partial charge in [-0.05, 0) is 37.1 Å². The lowest BCUT2D eigenvalue weighted by Gasteiger charge is -2.14. The molecule has 8 nitrogen and oxygen atoms in total. The highest BCUT2D eigenvalue weighted by Crippen LogP contribution is 2.35. The van der Waals surface area contributed by atoms with Crippen molar-refractivity contribution in [2.45, 2.75) is 25.9 Å². The van der Waals surface area contributed by atoms with Crippen LogP contribution >= 0.6 is 11.6 Å². The van der Waals surface area contributed by atoms with E-state index in [9.17, 15) is 14.4 Å². The van der Waals surface area contributed by atoms with Crippen LogP contribution in [0.5, 0.6) is 0 Å². The molecular weight excluding hydrogens is 398 g/mol. The molecule has 2 aromatic rings. The Bertz CT molecular complexity index is 943. The van der Waals surface area contributed by atoms with Gasteiger partial charge < -0.3 is 9.26 Å². The van der Waals surface area contributed by atoms with Crippen LogP contribution in [0.3, 0.4) is 0 Å². The summed E-state index contributed by atoms with van der Waals surface area (Å²) in [4.78, 5) is 42.1. The molecule has 0 unspecified atom stereocenters. The van der Waals surface area contributed by atoms with Crippen LogP contribution in [0, 0.1) is 11.8 Å². The van der Waals surface area contributed by atoms with Gasteiger partial charge in [-0.2, -0.15) is 4.98 Å². The van der Waals surface area contributed by atoms with Gasteiger partial charge in [-0.15, -0.1) is 0 Å². The molecule has 1 fully saturated rings. The van der Waals surface area contributed by atoms with Crippen LogP contribution in [-0.2, 0) is 25.7 Å². The molecule has 0 radical (unpaired) electrons. The van der Waals surface area contributed by atoms with E-state index in [4.69, 9.17) is 20.9 Å². The summed E-state index contributed by atoms with van der Waals surface area (Å²) < 4.78 is 10.2. The zero-order valence-corrected chi connectivity index (χ0v) is 16.2. The Morgan fingerprint density at radius 1 is 1.14 bits per heavy atom. The highest BCUT2D eigenvalue weighted by molar-refractivity contribution is 6.30. The number of allylic oxidation sites excluding steroid dienone is 2. The van der Waals surface area contributed by atoms with Crippen LogP contribution < -0.4 is 0 Å². The summed E-state index contributed by atoms with van der Waals surface area (Å²) in [7, 11) is 0. The molecule has 1 aromatic carbocycles. The van der Waals surface area contributed by atoms with Gasteiger partial charge in [0.25, 0.3) is 5.89 Å². The Balaban J connectivity index is 1.27. The zero-order valence-electron chi connectivity index (χ0n) is 15.4. The molecule has 9 heteroatoms. The van der Waals surface area contributed by atoms with E-state index in [2.05, 4.69) is 10.1 Å². The van der Waals surface area contributed by atoms with Gasteiger partial charge in [0.05, 0.1) is 18.3 Å². The Kier molecular flexibility index (Phi) is 5.44. The van der Waals surface area contributed by atoms with E-state index in [-0.39, 0.29) is 49.1 Å². The Morgan fingerprint density at radius 3 is 2.45 bits per heavy atom. The number of benzene rings is 1. The highest BCUT2D eigenvalue weighted by Gasteiger charge is 2.46. The first-order valence-corrected chi connectivity index (χ1v) is 9.65. The number of likely N-dealkylation sites (tertiary alicyclic amines) is 1. The van der Waals surface area contributed by atoms with Crippen LogP contribution in [-0.4, -0.2) is 39.4 Å². The van der Waals surface area contributed by atoms with Gasteiger partial charge in [-0.25, -0.2) is 0 Å². The normalized spacial score (nSPS) is 20.8. The lowest BCUT2D eigenvalue weighted by atomic mass is 9.85. The van der Waals surface area contributed by atoms with Crippen molar-refractivity contribution in [2.75, 3.05) is 6.54 Å². The maximum atomic E-state index is 12.4. The average Bonchev–Trinajstić information content (AvgIpc) is 3.30. The standard InChI is InChI=1S/C20H18ClN3O5/c21-13-7-5-12(6-8-13)18-22-16(29-23-18)11-28-17(25)9-10-24-19(26)14-3-1-2-4-15(14)20(24)27/h1-2,5-8,14-15H,3-4,9-11H2/t14-,15-/m0/s1. The minimum Gasteiger partial charge on any atom is -0.456 e. The summed E-state index contributed by atoms with van der Waals surface area (Å²) >= 11 is 5.85. The third-order valence-electron chi connectivity index (χ3n) is 5.07. The molecule has 0 N–H and O–H groups in total. The number of hydrogen-bond donors (Lipinski definition) is 0. The van der Waals surface area contributed by atoms with Crippen LogP contribution in [0.25, 0.3) is 11.4 Å². The van der Waals surface area contributed by atoms with E-state index in [1.807, 2.05) is 12.2 Å². The number of hydrogen-bond acceptors (Lipinski definition) is 7. The lowest BCUT2D eigenvalue weighted by Crippen LogP contribution is -2.33. The van der Waals surface area contributed by atoms with Crippen LogP contribution in [0.4, 0.5) is 0 Å². The number of esters is 1. The first-order valence-electron chi connectivity index (χ1n) is 9.27. The van der Waals surface area contributed by atoms with Crippen molar-refractivity contribution < 1.29 is 23.6 Å². The molecule has 2 amide bonds. The second-order valence-corrected chi connectivity index (χ2v) is 7.35. The van der Waals surface area contributed by atoms with Gasteiger partial charge >= 0.3 is 5.97 Å². The summed E-state index contributed by atoms with van der Waals surface area (Å²) in [5.74, 6) is -1.06. The molecule has 29 heavy (non-hydrogen) atoms. The monoisotopic (exact) mass is 415 g/mol. The maximum absolute atomic E-state index is 12.4. The number of carbonyl (C=O) groups is 3. The summed E-state index contributed by atoms with van der Waals surface area (Å²) in [5, 5.41) is 4.43. The highest BCUT2D eigenvalue weighted by atomic mass is 35.5. The second-order valence-electron chi connectivity index (χ2n) is 6.91. The number of carbonyl (C=O) groups excluding carboxylic acids is 3. The summed E-state index contributed by atoms with van der Waals surface area (Å²) in [6.45, 7) is -0.167. The van der Waals surface area contributed by atoms with Crippen molar-refractivity contribution in [3.8, 4) is 11.4 Å².